The van der Waals surface area contributed by atoms with Crippen LogP contribution in [0.2, 0.25) is 0 Å². The Bertz CT molecular complexity index is 378. The summed E-state index contributed by atoms with van der Waals surface area (Å²) in [5.74, 6) is 0.121. The molecule has 0 aromatic carbocycles. The highest BCUT2D eigenvalue weighted by Gasteiger charge is 2.43. The van der Waals surface area contributed by atoms with Gasteiger partial charge in [-0.2, -0.15) is 5.26 Å². The van der Waals surface area contributed by atoms with E-state index < -0.39 is 5.54 Å². The minimum Gasteiger partial charge on any atom is -0.395 e. The van der Waals surface area contributed by atoms with Gasteiger partial charge in [0.25, 0.3) is 0 Å². The summed E-state index contributed by atoms with van der Waals surface area (Å²) in [7, 11) is 0. The molecule has 2 unspecified atom stereocenters. The highest BCUT2D eigenvalue weighted by atomic mass is 16.5. The van der Waals surface area contributed by atoms with Crippen LogP contribution in [0.1, 0.15) is 19.8 Å². The van der Waals surface area contributed by atoms with Crippen LogP contribution >= 0.6 is 0 Å². The minimum absolute atomic E-state index is 0.0224. The number of aliphatic hydroxyl groups is 1. The Labute approximate surface area is 113 Å². The Morgan fingerprint density at radius 2 is 2.37 bits per heavy atom. The molecule has 0 bridgehead atoms. The summed E-state index contributed by atoms with van der Waals surface area (Å²) >= 11 is 0. The molecule has 0 aromatic rings. The van der Waals surface area contributed by atoms with Crippen LogP contribution in [0, 0.1) is 17.2 Å². The molecule has 6 nitrogen and oxygen atoms in total. The van der Waals surface area contributed by atoms with Crippen molar-refractivity contribution in [3.63, 3.8) is 0 Å². The van der Waals surface area contributed by atoms with Crippen LogP contribution in [0.5, 0.6) is 0 Å². The molecule has 2 N–H and O–H groups in total. The van der Waals surface area contributed by atoms with Crippen molar-refractivity contribution < 1.29 is 14.6 Å². The summed E-state index contributed by atoms with van der Waals surface area (Å²) in [6.07, 6.45) is 2.00. The fourth-order valence-electron chi connectivity index (χ4n) is 2.46. The minimum atomic E-state index is -0.752. The van der Waals surface area contributed by atoms with E-state index >= 15 is 0 Å². The van der Waals surface area contributed by atoms with E-state index in [0.717, 1.165) is 12.8 Å². The SMILES string of the molecule is CC(C#N)(NC(=O)CN1CCOCC1CO)C1CC1. The van der Waals surface area contributed by atoms with Gasteiger partial charge in [-0.25, -0.2) is 0 Å². The molecule has 1 aliphatic carbocycles. The Hall–Kier alpha value is -1.16. The van der Waals surface area contributed by atoms with Gasteiger partial charge in [-0.1, -0.05) is 0 Å². The van der Waals surface area contributed by atoms with E-state index in [1.54, 1.807) is 6.92 Å². The molecule has 2 aliphatic rings. The van der Waals surface area contributed by atoms with Crippen molar-refractivity contribution in [2.24, 2.45) is 5.92 Å². The first-order valence-electron chi connectivity index (χ1n) is 6.74. The van der Waals surface area contributed by atoms with Gasteiger partial charge in [-0.15, -0.1) is 0 Å². The van der Waals surface area contributed by atoms with Crippen LogP contribution in [0.25, 0.3) is 0 Å². The summed E-state index contributed by atoms with van der Waals surface area (Å²) in [5, 5.41) is 21.3. The molecule has 2 fully saturated rings. The third-order valence-corrected chi connectivity index (χ3v) is 3.93. The highest BCUT2D eigenvalue weighted by Crippen LogP contribution is 2.39. The molecule has 1 heterocycles. The maximum Gasteiger partial charge on any atom is 0.235 e. The third kappa shape index (κ3) is 3.44. The molecule has 6 heteroatoms. The van der Waals surface area contributed by atoms with Crippen molar-refractivity contribution >= 4 is 5.91 Å². The van der Waals surface area contributed by atoms with Crippen LogP contribution in [0.15, 0.2) is 0 Å². The highest BCUT2D eigenvalue weighted by molar-refractivity contribution is 5.79. The van der Waals surface area contributed by atoms with Gasteiger partial charge in [-0.3, -0.25) is 9.69 Å². The Kier molecular flexibility index (Phi) is 4.40. The number of hydrogen-bond acceptors (Lipinski definition) is 5. The normalized spacial score (nSPS) is 27.3. The van der Waals surface area contributed by atoms with Gasteiger partial charge in [0.1, 0.15) is 5.54 Å². The number of hydrogen-bond donors (Lipinski definition) is 2. The molecule has 2 rings (SSSR count). The van der Waals surface area contributed by atoms with E-state index in [2.05, 4.69) is 11.4 Å². The maximum absolute atomic E-state index is 12.1. The lowest BCUT2D eigenvalue weighted by molar-refractivity contribution is -0.126. The standard InChI is InChI=1S/C13H21N3O3/c1-13(9-14,10-2-3-10)15-12(18)6-16-4-5-19-8-11(16)7-17/h10-11,17H,2-8H2,1H3,(H,15,18). The number of carbonyl (C=O) groups excluding carboxylic acids is 1. The van der Waals surface area contributed by atoms with Gasteiger partial charge >= 0.3 is 0 Å². The van der Waals surface area contributed by atoms with Gasteiger partial charge in [0.2, 0.25) is 5.91 Å². The van der Waals surface area contributed by atoms with Crippen LogP contribution in [-0.2, 0) is 9.53 Å². The van der Waals surface area contributed by atoms with E-state index in [9.17, 15) is 15.2 Å². The molecule has 0 spiro atoms. The van der Waals surface area contributed by atoms with Gasteiger partial charge in [0, 0.05) is 6.54 Å². The van der Waals surface area contributed by atoms with Crippen LogP contribution in [0.3, 0.4) is 0 Å². The second-order valence-electron chi connectivity index (χ2n) is 5.52. The maximum atomic E-state index is 12.1. The van der Waals surface area contributed by atoms with Crippen molar-refractivity contribution in [2.75, 3.05) is 32.9 Å². The topological polar surface area (TPSA) is 85.6 Å². The molecule has 0 radical (unpaired) electrons. The van der Waals surface area contributed by atoms with Crippen LogP contribution < -0.4 is 5.32 Å². The fourth-order valence-corrected chi connectivity index (χ4v) is 2.46. The Balaban J connectivity index is 1.88. The molecule has 1 amide bonds. The number of amides is 1. The lowest BCUT2D eigenvalue weighted by Crippen LogP contribution is -2.55. The first kappa shape index (κ1) is 14.3. The third-order valence-electron chi connectivity index (χ3n) is 3.93. The smallest absolute Gasteiger partial charge is 0.235 e. The molecule has 106 valence electrons. The molecule has 1 saturated carbocycles. The number of carbonyl (C=O) groups is 1. The molecule has 1 saturated heterocycles. The average molecular weight is 267 g/mol. The summed E-state index contributed by atoms with van der Waals surface area (Å²) in [4.78, 5) is 14.0. The Morgan fingerprint density at radius 1 is 1.63 bits per heavy atom. The molecule has 1 aliphatic heterocycles. The second kappa shape index (κ2) is 5.87. The number of ether oxygens (including phenoxy) is 1. The van der Waals surface area contributed by atoms with Gasteiger partial charge < -0.3 is 15.2 Å². The van der Waals surface area contributed by atoms with Crippen molar-refractivity contribution in [1.29, 1.82) is 5.26 Å². The van der Waals surface area contributed by atoms with Gasteiger partial charge in [-0.05, 0) is 25.7 Å². The summed E-state index contributed by atoms with van der Waals surface area (Å²) < 4.78 is 5.27. The zero-order valence-corrected chi connectivity index (χ0v) is 11.3. The predicted molar refractivity (Wildman–Crippen MR) is 68.2 cm³/mol. The zero-order valence-electron chi connectivity index (χ0n) is 11.3. The first-order valence-corrected chi connectivity index (χ1v) is 6.74. The lowest BCUT2D eigenvalue weighted by atomic mass is 9.98. The first-order chi connectivity index (χ1) is 9.09. The Morgan fingerprint density at radius 3 is 2.95 bits per heavy atom. The molecule has 2 atom stereocenters. The fraction of sp³-hybridized carbons (Fsp3) is 0.846. The molecular weight excluding hydrogens is 246 g/mol. The average Bonchev–Trinajstić information content (AvgIpc) is 3.23. The summed E-state index contributed by atoms with van der Waals surface area (Å²) in [5.41, 5.74) is -0.752. The van der Waals surface area contributed by atoms with Crippen LogP contribution in [-0.4, -0.2) is 60.4 Å². The number of aliphatic hydroxyl groups excluding tert-OH is 1. The van der Waals surface area contributed by atoms with Crippen LogP contribution in [0.4, 0.5) is 0 Å². The number of nitriles is 1. The van der Waals surface area contributed by atoms with Gasteiger partial charge in [0.05, 0.1) is 38.5 Å². The van der Waals surface area contributed by atoms with E-state index in [0.29, 0.717) is 19.8 Å². The monoisotopic (exact) mass is 267 g/mol. The zero-order chi connectivity index (χ0) is 13.9. The largest absolute Gasteiger partial charge is 0.395 e. The van der Waals surface area contributed by atoms with Crippen molar-refractivity contribution in [3.8, 4) is 6.07 Å². The molecule has 0 aromatic heterocycles. The summed E-state index contributed by atoms with van der Waals surface area (Å²) in [6.45, 7) is 3.62. The summed E-state index contributed by atoms with van der Waals surface area (Å²) in [6, 6.07) is 2.08. The van der Waals surface area contributed by atoms with Crippen molar-refractivity contribution in [3.05, 3.63) is 0 Å². The van der Waals surface area contributed by atoms with E-state index in [1.165, 1.54) is 0 Å². The molecule has 19 heavy (non-hydrogen) atoms. The molecular formula is C13H21N3O3. The predicted octanol–water partition coefficient (Wildman–Crippen LogP) is -0.512. The lowest BCUT2D eigenvalue weighted by Gasteiger charge is -2.34. The number of rotatable bonds is 5. The van der Waals surface area contributed by atoms with E-state index in [-0.39, 0.29) is 31.0 Å². The van der Waals surface area contributed by atoms with Gasteiger partial charge in [0.15, 0.2) is 0 Å². The van der Waals surface area contributed by atoms with E-state index in [1.807, 2.05) is 4.90 Å². The number of nitrogens with one attached hydrogen (secondary N) is 1. The second-order valence-corrected chi connectivity index (χ2v) is 5.52. The number of nitrogens with zero attached hydrogens (tertiary/aromatic N) is 2. The number of morpholine rings is 1. The van der Waals surface area contributed by atoms with E-state index in [4.69, 9.17) is 4.74 Å². The van der Waals surface area contributed by atoms with Crippen molar-refractivity contribution in [2.45, 2.75) is 31.3 Å². The van der Waals surface area contributed by atoms with Crippen molar-refractivity contribution in [1.82, 2.24) is 10.2 Å². The quantitative estimate of drug-likeness (QED) is 0.700.